The quantitative estimate of drug-likeness (QED) is 0.793. The molecule has 1 saturated carbocycles. The molecular weight excluding hydrogens is 196 g/mol. The van der Waals surface area contributed by atoms with Gasteiger partial charge in [0.15, 0.2) is 0 Å². The minimum atomic E-state index is 0.487. The fourth-order valence-electron chi connectivity index (χ4n) is 2.36. The molecule has 1 aromatic rings. The van der Waals surface area contributed by atoms with Crippen LogP contribution in [0.25, 0.3) is 0 Å². The average molecular weight is 218 g/mol. The summed E-state index contributed by atoms with van der Waals surface area (Å²) in [5.41, 5.74) is 1.34. The predicted octanol–water partition coefficient (Wildman–Crippen LogP) is 3.17. The lowest BCUT2D eigenvalue weighted by atomic mass is 9.91. The first-order valence-electron chi connectivity index (χ1n) is 6.46. The Bertz CT molecular complexity index is 306. The van der Waals surface area contributed by atoms with Crippen molar-refractivity contribution >= 4 is 0 Å². The van der Waals surface area contributed by atoms with Gasteiger partial charge in [-0.1, -0.05) is 19.9 Å². The molecule has 0 saturated heterocycles. The minimum Gasteiger partial charge on any atom is -0.310 e. The third-order valence-corrected chi connectivity index (χ3v) is 3.55. The standard InChI is InChI=1S/C14H22N2/c1-3-8-16-14(11(2)12-6-7-12)13-5-4-9-15-10-13/h4-5,9-12,14,16H,3,6-8H2,1-2H3. The van der Waals surface area contributed by atoms with Crippen LogP contribution in [-0.2, 0) is 0 Å². The largest absolute Gasteiger partial charge is 0.310 e. The molecule has 0 aromatic carbocycles. The van der Waals surface area contributed by atoms with E-state index in [0.717, 1.165) is 18.4 Å². The molecule has 0 bridgehead atoms. The molecule has 88 valence electrons. The second-order valence-corrected chi connectivity index (χ2v) is 4.91. The molecule has 1 aromatic heterocycles. The maximum Gasteiger partial charge on any atom is 0.0363 e. The van der Waals surface area contributed by atoms with Crippen LogP contribution in [0.5, 0.6) is 0 Å². The van der Waals surface area contributed by atoms with Gasteiger partial charge in [0.2, 0.25) is 0 Å². The normalized spacial score (nSPS) is 19.4. The average Bonchev–Trinajstić information content (AvgIpc) is 3.14. The first kappa shape index (κ1) is 11.6. The highest BCUT2D eigenvalue weighted by Crippen LogP contribution is 2.42. The van der Waals surface area contributed by atoms with Crippen LogP contribution in [0.15, 0.2) is 24.5 Å². The minimum absolute atomic E-state index is 0.487. The molecular formula is C14H22N2. The van der Waals surface area contributed by atoms with Crippen LogP contribution in [-0.4, -0.2) is 11.5 Å². The molecule has 1 aliphatic carbocycles. The lowest BCUT2D eigenvalue weighted by Gasteiger charge is -2.25. The van der Waals surface area contributed by atoms with E-state index < -0.39 is 0 Å². The number of aromatic nitrogens is 1. The maximum absolute atomic E-state index is 4.24. The fourth-order valence-corrected chi connectivity index (χ4v) is 2.36. The second-order valence-electron chi connectivity index (χ2n) is 4.91. The Labute approximate surface area is 98.5 Å². The number of nitrogens with one attached hydrogen (secondary N) is 1. The third kappa shape index (κ3) is 2.82. The Balaban J connectivity index is 2.07. The Morgan fingerprint density at radius 3 is 2.88 bits per heavy atom. The maximum atomic E-state index is 4.24. The number of nitrogens with zero attached hydrogens (tertiary/aromatic N) is 1. The van der Waals surface area contributed by atoms with Gasteiger partial charge in [-0.3, -0.25) is 4.98 Å². The van der Waals surface area contributed by atoms with Gasteiger partial charge in [-0.15, -0.1) is 0 Å². The van der Waals surface area contributed by atoms with E-state index in [9.17, 15) is 0 Å². The Morgan fingerprint density at radius 2 is 2.31 bits per heavy atom. The van der Waals surface area contributed by atoms with Gasteiger partial charge in [-0.2, -0.15) is 0 Å². The van der Waals surface area contributed by atoms with Crippen molar-refractivity contribution in [2.24, 2.45) is 11.8 Å². The first-order valence-corrected chi connectivity index (χ1v) is 6.46. The summed E-state index contributed by atoms with van der Waals surface area (Å²) in [5, 5.41) is 3.67. The molecule has 16 heavy (non-hydrogen) atoms. The number of rotatable bonds is 6. The zero-order valence-electron chi connectivity index (χ0n) is 10.3. The van der Waals surface area contributed by atoms with Gasteiger partial charge in [-0.25, -0.2) is 0 Å². The highest BCUT2D eigenvalue weighted by Gasteiger charge is 2.33. The van der Waals surface area contributed by atoms with Crippen molar-refractivity contribution in [2.45, 2.75) is 39.2 Å². The number of hydrogen-bond acceptors (Lipinski definition) is 2. The molecule has 2 atom stereocenters. The Kier molecular flexibility index (Phi) is 3.94. The van der Waals surface area contributed by atoms with Crippen LogP contribution in [0.2, 0.25) is 0 Å². The summed E-state index contributed by atoms with van der Waals surface area (Å²) in [6.45, 7) is 5.68. The van der Waals surface area contributed by atoms with E-state index in [0.29, 0.717) is 6.04 Å². The van der Waals surface area contributed by atoms with E-state index in [1.807, 2.05) is 18.5 Å². The van der Waals surface area contributed by atoms with Crippen molar-refractivity contribution in [3.63, 3.8) is 0 Å². The van der Waals surface area contributed by atoms with E-state index >= 15 is 0 Å². The fraction of sp³-hybridized carbons (Fsp3) is 0.643. The van der Waals surface area contributed by atoms with Crippen molar-refractivity contribution in [3.8, 4) is 0 Å². The molecule has 1 heterocycles. The summed E-state index contributed by atoms with van der Waals surface area (Å²) in [4.78, 5) is 4.24. The molecule has 0 amide bonds. The van der Waals surface area contributed by atoms with Gasteiger partial charge in [0, 0.05) is 18.4 Å². The van der Waals surface area contributed by atoms with Gasteiger partial charge in [0.25, 0.3) is 0 Å². The summed E-state index contributed by atoms with van der Waals surface area (Å²) in [6, 6.07) is 4.72. The van der Waals surface area contributed by atoms with Crippen molar-refractivity contribution in [2.75, 3.05) is 6.54 Å². The summed E-state index contributed by atoms with van der Waals surface area (Å²) in [6.07, 6.45) is 7.86. The zero-order chi connectivity index (χ0) is 11.4. The lowest BCUT2D eigenvalue weighted by molar-refractivity contribution is 0.349. The molecule has 1 fully saturated rings. The first-order chi connectivity index (χ1) is 7.83. The summed E-state index contributed by atoms with van der Waals surface area (Å²) in [5.74, 6) is 1.66. The van der Waals surface area contributed by atoms with Crippen LogP contribution in [0, 0.1) is 11.8 Å². The van der Waals surface area contributed by atoms with Crippen molar-refractivity contribution in [3.05, 3.63) is 30.1 Å². The second kappa shape index (κ2) is 5.44. The van der Waals surface area contributed by atoms with E-state index in [4.69, 9.17) is 0 Å². The van der Waals surface area contributed by atoms with Gasteiger partial charge < -0.3 is 5.32 Å². The zero-order valence-corrected chi connectivity index (χ0v) is 10.3. The monoisotopic (exact) mass is 218 g/mol. The van der Waals surface area contributed by atoms with E-state index in [2.05, 4.69) is 30.2 Å². The highest BCUT2D eigenvalue weighted by atomic mass is 14.9. The van der Waals surface area contributed by atoms with E-state index in [1.165, 1.54) is 24.8 Å². The summed E-state index contributed by atoms with van der Waals surface area (Å²) in [7, 11) is 0. The Morgan fingerprint density at radius 1 is 1.50 bits per heavy atom. The molecule has 2 rings (SSSR count). The molecule has 0 radical (unpaired) electrons. The SMILES string of the molecule is CCCNC(c1cccnc1)C(C)C1CC1. The summed E-state index contributed by atoms with van der Waals surface area (Å²) < 4.78 is 0. The summed E-state index contributed by atoms with van der Waals surface area (Å²) >= 11 is 0. The molecule has 0 aliphatic heterocycles. The Hall–Kier alpha value is -0.890. The molecule has 2 heteroatoms. The van der Waals surface area contributed by atoms with E-state index in [1.54, 1.807) is 0 Å². The third-order valence-electron chi connectivity index (χ3n) is 3.55. The highest BCUT2D eigenvalue weighted by molar-refractivity contribution is 5.15. The van der Waals surface area contributed by atoms with Gasteiger partial charge in [0.05, 0.1) is 0 Å². The van der Waals surface area contributed by atoms with Crippen molar-refractivity contribution in [1.82, 2.24) is 10.3 Å². The molecule has 2 nitrogen and oxygen atoms in total. The number of pyridine rings is 1. The smallest absolute Gasteiger partial charge is 0.0363 e. The molecule has 1 N–H and O–H groups in total. The van der Waals surface area contributed by atoms with Crippen LogP contribution >= 0.6 is 0 Å². The molecule has 1 aliphatic rings. The van der Waals surface area contributed by atoms with Gasteiger partial charge in [0.1, 0.15) is 0 Å². The topological polar surface area (TPSA) is 24.9 Å². The van der Waals surface area contributed by atoms with Crippen molar-refractivity contribution < 1.29 is 0 Å². The van der Waals surface area contributed by atoms with Gasteiger partial charge >= 0.3 is 0 Å². The van der Waals surface area contributed by atoms with Crippen LogP contribution in [0.3, 0.4) is 0 Å². The molecule has 2 unspecified atom stereocenters. The van der Waals surface area contributed by atoms with Crippen molar-refractivity contribution in [1.29, 1.82) is 0 Å². The number of hydrogen-bond donors (Lipinski definition) is 1. The van der Waals surface area contributed by atoms with Crippen LogP contribution in [0.4, 0.5) is 0 Å². The molecule has 0 spiro atoms. The van der Waals surface area contributed by atoms with Gasteiger partial charge in [-0.05, 0) is 49.3 Å². The predicted molar refractivity (Wildman–Crippen MR) is 67.2 cm³/mol. The lowest BCUT2D eigenvalue weighted by Crippen LogP contribution is -2.28. The van der Waals surface area contributed by atoms with E-state index in [-0.39, 0.29) is 0 Å². The van der Waals surface area contributed by atoms with Crippen LogP contribution < -0.4 is 5.32 Å². The van der Waals surface area contributed by atoms with Crippen LogP contribution in [0.1, 0.15) is 44.7 Å².